The highest BCUT2D eigenvalue weighted by molar-refractivity contribution is 6.16. The molecular weight excluding hydrogens is 496 g/mol. The van der Waals surface area contributed by atoms with E-state index in [4.69, 9.17) is 9.97 Å². The van der Waals surface area contributed by atoms with Crippen LogP contribution in [0.3, 0.4) is 0 Å². The summed E-state index contributed by atoms with van der Waals surface area (Å²) in [6.45, 7) is 4.72. The molecule has 0 unspecified atom stereocenters. The molecule has 2 aliphatic rings. The number of nitrogens with zero attached hydrogens (tertiary/aromatic N) is 2. The van der Waals surface area contributed by atoms with Crippen molar-refractivity contribution < 1.29 is 0 Å². The van der Waals surface area contributed by atoms with Crippen molar-refractivity contribution in [1.82, 2.24) is 9.97 Å². The Morgan fingerprint density at radius 2 is 1.20 bits per heavy atom. The predicted molar refractivity (Wildman–Crippen MR) is 170 cm³/mol. The fourth-order valence-corrected chi connectivity index (χ4v) is 7.27. The molecule has 0 spiro atoms. The summed E-state index contributed by atoms with van der Waals surface area (Å²) >= 11 is 0. The Labute approximate surface area is 239 Å². The van der Waals surface area contributed by atoms with Crippen LogP contribution in [-0.4, -0.2) is 9.97 Å². The minimum absolute atomic E-state index is 0.148. The Bertz CT molecular complexity index is 2220. The second kappa shape index (κ2) is 7.99. The van der Waals surface area contributed by atoms with Gasteiger partial charge in [-0.25, -0.2) is 9.97 Å². The van der Waals surface area contributed by atoms with Crippen LogP contribution in [0.4, 0.5) is 0 Å². The van der Waals surface area contributed by atoms with Crippen molar-refractivity contribution >= 4 is 21.7 Å². The van der Waals surface area contributed by atoms with Gasteiger partial charge < -0.3 is 0 Å². The molecule has 6 aromatic carbocycles. The maximum absolute atomic E-state index is 5.26. The van der Waals surface area contributed by atoms with E-state index in [1.807, 2.05) is 0 Å². The van der Waals surface area contributed by atoms with Gasteiger partial charge in [0.1, 0.15) is 0 Å². The van der Waals surface area contributed by atoms with Crippen molar-refractivity contribution in [3.05, 3.63) is 132 Å². The number of hydrogen-bond donors (Lipinski definition) is 0. The molecule has 0 saturated carbocycles. The van der Waals surface area contributed by atoms with E-state index in [2.05, 4.69) is 135 Å². The van der Waals surface area contributed by atoms with Gasteiger partial charge in [-0.2, -0.15) is 0 Å². The molecular formula is C39H26N2. The van der Waals surface area contributed by atoms with Gasteiger partial charge in [-0.3, -0.25) is 0 Å². The maximum atomic E-state index is 5.26. The fraction of sp³-hybridized carbons (Fsp3) is 0.0769. The van der Waals surface area contributed by atoms with Gasteiger partial charge in [0.05, 0.1) is 11.2 Å². The zero-order valence-corrected chi connectivity index (χ0v) is 22.9. The van der Waals surface area contributed by atoms with Crippen LogP contribution in [0.25, 0.3) is 77.7 Å². The van der Waals surface area contributed by atoms with E-state index < -0.39 is 0 Å². The summed E-state index contributed by atoms with van der Waals surface area (Å²) in [6.07, 6.45) is 0. The number of para-hydroxylation sites is 1. The Morgan fingerprint density at radius 1 is 0.512 bits per heavy atom. The van der Waals surface area contributed by atoms with E-state index in [0.717, 1.165) is 33.5 Å². The average Bonchev–Trinajstić information content (AvgIpc) is 3.18. The van der Waals surface area contributed by atoms with Crippen LogP contribution in [0.5, 0.6) is 0 Å². The van der Waals surface area contributed by atoms with Crippen molar-refractivity contribution in [2.75, 3.05) is 0 Å². The van der Waals surface area contributed by atoms with E-state index in [1.165, 1.54) is 55.3 Å². The standard InChI is InChI=1S/C39H26N2/c1-39(2)31-19-10-18-27-26-16-8-13-23-14-9-17-28(34(23)26)30-21-25(22-32(39)36(30)35(27)31)38-40-33-20-7-6-15-29(33)37(41-38)24-11-4-3-5-12-24/h3-22H,1-2H3. The van der Waals surface area contributed by atoms with Gasteiger partial charge in [0.15, 0.2) is 5.82 Å². The second-order valence-electron chi connectivity index (χ2n) is 11.8. The molecule has 2 aliphatic carbocycles. The summed E-state index contributed by atoms with van der Waals surface area (Å²) in [5.41, 5.74) is 14.6. The summed E-state index contributed by atoms with van der Waals surface area (Å²) in [5, 5.41) is 3.65. The largest absolute Gasteiger partial charge is 0.228 e. The first-order valence-electron chi connectivity index (χ1n) is 14.3. The molecule has 2 nitrogen and oxygen atoms in total. The van der Waals surface area contributed by atoms with Crippen molar-refractivity contribution in [1.29, 1.82) is 0 Å². The van der Waals surface area contributed by atoms with Crippen LogP contribution in [0, 0.1) is 0 Å². The van der Waals surface area contributed by atoms with Crippen LogP contribution >= 0.6 is 0 Å². The number of aromatic nitrogens is 2. The smallest absolute Gasteiger partial charge is 0.160 e. The van der Waals surface area contributed by atoms with Crippen LogP contribution in [0.2, 0.25) is 0 Å². The van der Waals surface area contributed by atoms with Crippen molar-refractivity contribution in [2.24, 2.45) is 0 Å². The summed E-state index contributed by atoms with van der Waals surface area (Å²) in [5.74, 6) is 0.762. The lowest BCUT2D eigenvalue weighted by atomic mass is 9.80. The third kappa shape index (κ3) is 3.02. The van der Waals surface area contributed by atoms with Gasteiger partial charge in [0, 0.05) is 21.9 Å². The lowest BCUT2D eigenvalue weighted by molar-refractivity contribution is 0.660. The van der Waals surface area contributed by atoms with E-state index >= 15 is 0 Å². The zero-order chi connectivity index (χ0) is 27.3. The van der Waals surface area contributed by atoms with Gasteiger partial charge in [-0.1, -0.05) is 117 Å². The zero-order valence-electron chi connectivity index (χ0n) is 22.9. The lowest BCUT2D eigenvalue weighted by Gasteiger charge is -2.24. The van der Waals surface area contributed by atoms with Crippen LogP contribution in [0.1, 0.15) is 25.0 Å². The molecule has 2 heteroatoms. The molecule has 41 heavy (non-hydrogen) atoms. The molecule has 9 rings (SSSR count). The van der Waals surface area contributed by atoms with Crippen LogP contribution < -0.4 is 0 Å². The van der Waals surface area contributed by atoms with Gasteiger partial charge in [0.25, 0.3) is 0 Å². The molecule has 1 heterocycles. The minimum atomic E-state index is -0.148. The lowest BCUT2D eigenvalue weighted by Crippen LogP contribution is -2.15. The fourth-order valence-electron chi connectivity index (χ4n) is 7.27. The normalized spacial score (nSPS) is 13.8. The van der Waals surface area contributed by atoms with Gasteiger partial charge in [0.2, 0.25) is 0 Å². The molecule has 0 atom stereocenters. The monoisotopic (exact) mass is 522 g/mol. The molecule has 0 radical (unpaired) electrons. The number of hydrogen-bond acceptors (Lipinski definition) is 2. The quantitative estimate of drug-likeness (QED) is 0.226. The summed E-state index contributed by atoms with van der Waals surface area (Å²) in [7, 11) is 0. The molecule has 7 aromatic rings. The first-order chi connectivity index (χ1) is 20.1. The van der Waals surface area contributed by atoms with E-state index in [0.29, 0.717) is 0 Å². The van der Waals surface area contributed by atoms with Gasteiger partial charge in [-0.15, -0.1) is 0 Å². The number of fused-ring (bicyclic) bond motifs is 3. The molecule has 0 amide bonds. The van der Waals surface area contributed by atoms with Gasteiger partial charge >= 0.3 is 0 Å². The molecule has 0 fully saturated rings. The van der Waals surface area contributed by atoms with Gasteiger partial charge in [-0.05, 0) is 73.5 Å². The molecule has 192 valence electrons. The molecule has 0 saturated heterocycles. The molecule has 0 aliphatic heterocycles. The summed E-state index contributed by atoms with van der Waals surface area (Å²) in [4.78, 5) is 10.4. The first-order valence-corrected chi connectivity index (χ1v) is 14.3. The highest BCUT2D eigenvalue weighted by atomic mass is 14.9. The number of benzene rings is 6. The van der Waals surface area contributed by atoms with E-state index in [1.54, 1.807) is 0 Å². The van der Waals surface area contributed by atoms with Crippen molar-refractivity contribution in [2.45, 2.75) is 19.3 Å². The molecule has 1 aromatic heterocycles. The Kier molecular flexibility index (Phi) is 4.42. The average molecular weight is 523 g/mol. The molecule has 0 N–H and O–H groups in total. The van der Waals surface area contributed by atoms with E-state index in [-0.39, 0.29) is 5.41 Å². The van der Waals surface area contributed by atoms with Crippen LogP contribution in [-0.2, 0) is 5.41 Å². The third-order valence-electron chi connectivity index (χ3n) is 9.19. The minimum Gasteiger partial charge on any atom is -0.228 e. The van der Waals surface area contributed by atoms with Crippen molar-refractivity contribution in [3.63, 3.8) is 0 Å². The Morgan fingerprint density at radius 3 is 2.02 bits per heavy atom. The topological polar surface area (TPSA) is 25.8 Å². The first kappa shape index (κ1) is 22.7. The Balaban J connectivity index is 1.41. The summed E-state index contributed by atoms with van der Waals surface area (Å²) in [6, 6.07) is 43.8. The van der Waals surface area contributed by atoms with Crippen molar-refractivity contribution in [3.8, 4) is 56.0 Å². The number of rotatable bonds is 2. The summed E-state index contributed by atoms with van der Waals surface area (Å²) < 4.78 is 0. The van der Waals surface area contributed by atoms with E-state index in [9.17, 15) is 0 Å². The highest BCUT2D eigenvalue weighted by Gasteiger charge is 2.40. The SMILES string of the molecule is CC1(C)c2cccc3c2-c2c(cc(-c4nc(-c5ccccc5)c5ccccc5n4)cc21)-c1cccc2cccc-3c12. The maximum Gasteiger partial charge on any atom is 0.160 e. The predicted octanol–water partition coefficient (Wildman–Crippen LogP) is 10.1. The Hall–Kier alpha value is -5.08. The highest BCUT2D eigenvalue weighted by Crippen LogP contribution is 2.59. The molecule has 0 bridgehead atoms. The van der Waals surface area contributed by atoms with Crippen LogP contribution in [0.15, 0.2) is 121 Å². The second-order valence-corrected chi connectivity index (χ2v) is 11.8. The third-order valence-corrected chi connectivity index (χ3v) is 9.19.